The molecule has 2 atom stereocenters. The van der Waals surface area contributed by atoms with Crippen molar-refractivity contribution in [3.05, 3.63) is 159 Å². The van der Waals surface area contributed by atoms with Gasteiger partial charge in [0.2, 0.25) is 5.91 Å². The van der Waals surface area contributed by atoms with Crippen molar-refractivity contribution in [2.45, 2.75) is 78.9 Å². The minimum absolute atomic E-state index is 0.0285. The first-order valence-electron chi connectivity index (χ1n) is 23.7. The maximum atomic E-state index is 15.3. The molecule has 0 bridgehead atoms. The van der Waals surface area contributed by atoms with Gasteiger partial charge in [0.15, 0.2) is 0 Å². The second-order valence-corrected chi connectivity index (χ2v) is 19.2. The number of rotatable bonds is 8. The maximum absolute atomic E-state index is 15.3. The lowest BCUT2D eigenvalue weighted by Gasteiger charge is -2.36. The average molecular weight is 896 g/mol. The van der Waals surface area contributed by atoms with E-state index in [0.29, 0.717) is 67.1 Å². The van der Waals surface area contributed by atoms with Gasteiger partial charge < -0.3 is 29.3 Å². The predicted molar refractivity (Wildman–Crippen MR) is 264 cm³/mol. The maximum Gasteiger partial charge on any atom is 0.262 e. The molecule has 11 heteroatoms. The molecule has 5 aromatic rings. The summed E-state index contributed by atoms with van der Waals surface area (Å²) in [7, 11) is 3.98. The minimum atomic E-state index is -0.267. The summed E-state index contributed by atoms with van der Waals surface area (Å²) in [6.45, 7) is 13.6. The highest BCUT2D eigenvalue weighted by Gasteiger charge is 2.35. The average Bonchev–Trinajstić information content (AvgIpc) is 3.44. The van der Waals surface area contributed by atoms with Gasteiger partial charge in [0.25, 0.3) is 11.8 Å². The number of fused-ring (bicyclic) bond motifs is 2. The highest BCUT2D eigenvalue weighted by molar-refractivity contribution is 6.14. The van der Waals surface area contributed by atoms with E-state index < -0.39 is 0 Å². The van der Waals surface area contributed by atoms with Gasteiger partial charge in [0.1, 0.15) is 17.5 Å². The van der Waals surface area contributed by atoms with E-state index in [1.54, 1.807) is 39.8 Å². The molecule has 67 heavy (non-hydrogen) atoms. The Morgan fingerprint density at radius 1 is 0.806 bits per heavy atom. The summed E-state index contributed by atoms with van der Waals surface area (Å²) in [6.07, 6.45) is 5.40. The Kier molecular flexibility index (Phi) is 12.7. The Morgan fingerprint density at radius 2 is 1.58 bits per heavy atom. The topological polar surface area (TPSA) is 116 Å². The number of phenols is 1. The fourth-order valence-corrected chi connectivity index (χ4v) is 10.4. The number of amides is 3. The molecule has 1 aliphatic carbocycles. The third-order valence-corrected chi connectivity index (χ3v) is 14.8. The molecule has 1 saturated heterocycles. The van der Waals surface area contributed by atoms with Crippen LogP contribution in [-0.2, 0) is 49.0 Å². The lowest BCUT2D eigenvalue weighted by Crippen LogP contribution is -2.43. The molecule has 0 spiro atoms. The highest BCUT2D eigenvalue weighted by atomic mass is 16.3. The van der Waals surface area contributed by atoms with Gasteiger partial charge in [0.05, 0.1) is 12.1 Å². The molecule has 0 radical (unpaired) electrons. The monoisotopic (exact) mass is 895 g/mol. The molecule has 1 aromatic heterocycles. The lowest BCUT2D eigenvalue weighted by atomic mass is 9.79. The first kappa shape index (κ1) is 45.3. The van der Waals surface area contributed by atoms with Gasteiger partial charge in [-0.25, -0.2) is 0 Å². The summed E-state index contributed by atoms with van der Waals surface area (Å²) < 4.78 is 1.77. The van der Waals surface area contributed by atoms with Crippen molar-refractivity contribution < 1.29 is 19.5 Å². The summed E-state index contributed by atoms with van der Waals surface area (Å²) in [5.74, 6) is -0.219. The fourth-order valence-electron chi connectivity index (χ4n) is 10.4. The minimum Gasteiger partial charge on any atom is -0.508 e. The van der Waals surface area contributed by atoms with Crippen LogP contribution in [0, 0.1) is 24.2 Å². The largest absolute Gasteiger partial charge is 0.508 e. The van der Waals surface area contributed by atoms with Crippen LogP contribution < -0.4 is 9.80 Å². The second kappa shape index (κ2) is 18.8. The number of nitriles is 1. The number of benzene rings is 4. The highest BCUT2D eigenvalue weighted by Crippen LogP contribution is 2.41. The number of hydrogen-bond acceptors (Lipinski definition) is 7. The van der Waals surface area contributed by atoms with Crippen LogP contribution >= 0.6 is 0 Å². The molecule has 4 heterocycles. The normalized spacial score (nSPS) is 18.7. The van der Waals surface area contributed by atoms with Crippen LogP contribution in [0.2, 0.25) is 0 Å². The SMILES string of the molecule is CC1=C(C(=O)N(c2ccc(O)cc2)c2cc(C#N)n(C)c2C)C=C(c2cc3c(cc2C(=O)N2Cc4ccccc4C[C@H]2C)CN(C(=O)Cc2cccc(N4CCCN(C)CC4)c2)CC3)CC1C. The Morgan fingerprint density at radius 3 is 2.34 bits per heavy atom. The zero-order chi connectivity index (χ0) is 47.1. The smallest absolute Gasteiger partial charge is 0.262 e. The quantitative estimate of drug-likeness (QED) is 0.166. The van der Waals surface area contributed by atoms with Gasteiger partial charge in [-0.3, -0.25) is 19.3 Å². The number of anilines is 3. The summed E-state index contributed by atoms with van der Waals surface area (Å²) in [4.78, 5) is 55.0. The molecular formula is C56H61N7O4. The molecule has 3 aliphatic heterocycles. The van der Waals surface area contributed by atoms with Gasteiger partial charge in [-0.2, -0.15) is 5.26 Å². The van der Waals surface area contributed by atoms with E-state index in [9.17, 15) is 15.2 Å². The van der Waals surface area contributed by atoms with Crippen LogP contribution in [0.5, 0.6) is 5.75 Å². The molecule has 9 rings (SSSR count). The number of aromatic nitrogens is 1. The van der Waals surface area contributed by atoms with Gasteiger partial charge in [0, 0.05) is 80.6 Å². The molecule has 4 aromatic carbocycles. The van der Waals surface area contributed by atoms with Crippen LogP contribution in [0.15, 0.2) is 108 Å². The van der Waals surface area contributed by atoms with Crippen LogP contribution in [0.3, 0.4) is 0 Å². The number of hydrogen-bond donors (Lipinski definition) is 1. The van der Waals surface area contributed by atoms with Crippen LogP contribution in [0.4, 0.5) is 17.1 Å². The van der Waals surface area contributed by atoms with Gasteiger partial charge >= 0.3 is 0 Å². The Hall–Kier alpha value is -6.90. The molecule has 1 fully saturated rings. The molecule has 4 aliphatic rings. The zero-order valence-electron chi connectivity index (χ0n) is 39.7. The van der Waals surface area contributed by atoms with Crippen molar-refractivity contribution in [2.24, 2.45) is 13.0 Å². The van der Waals surface area contributed by atoms with E-state index >= 15 is 9.59 Å². The molecule has 3 amide bonds. The van der Waals surface area contributed by atoms with Crippen molar-refractivity contribution in [3.8, 4) is 11.8 Å². The van der Waals surface area contributed by atoms with Crippen LogP contribution in [-0.4, -0.2) is 87.9 Å². The number of allylic oxidation sites excluding steroid dienone is 2. The van der Waals surface area contributed by atoms with E-state index in [1.807, 2.05) is 55.0 Å². The molecule has 0 saturated carbocycles. The van der Waals surface area contributed by atoms with Gasteiger partial charge in [-0.15, -0.1) is 0 Å². The van der Waals surface area contributed by atoms with Crippen molar-refractivity contribution in [3.63, 3.8) is 0 Å². The molecule has 11 nitrogen and oxygen atoms in total. The Labute approximate surface area is 394 Å². The van der Waals surface area contributed by atoms with Crippen LogP contribution in [0.25, 0.3) is 5.57 Å². The van der Waals surface area contributed by atoms with Crippen molar-refractivity contribution in [1.82, 2.24) is 19.3 Å². The molecule has 344 valence electrons. The molecule has 1 N–H and O–H groups in total. The summed E-state index contributed by atoms with van der Waals surface area (Å²) in [6, 6.07) is 31.4. The number of phenolic OH excluding ortho intramolecular Hbond substituents is 1. The predicted octanol–water partition coefficient (Wildman–Crippen LogP) is 8.87. The first-order valence-corrected chi connectivity index (χ1v) is 23.7. The van der Waals surface area contributed by atoms with E-state index in [4.69, 9.17) is 0 Å². The zero-order valence-corrected chi connectivity index (χ0v) is 39.7. The Balaban J connectivity index is 1.07. The number of likely N-dealkylation sites (N-methyl/N-ethyl adjacent to an activating group) is 1. The van der Waals surface area contributed by atoms with Crippen LogP contribution in [0.1, 0.15) is 88.7 Å². The lowest BCUT2D eigenvalue weighted by molar-refractivity contribution is -0.131. The number of nitrogens with zero attached hydrogens (tertiary/aromatic N) is 7. The summed E-state index contributed by atoms with van der Waals surface area (Å²) >= 11 is 0. The summed E-state index contributed by atoms with van der Waals surface area (Å²) in [5.41, 5.74) is 12.6. The number of aromatic hydroxyl groups is 1. The van der Waals surface area contributed by atoms with Gasteiger partial charge in [-0.05, 0) is 160 Å². The van der Waals surface area contributed by atoms with Gasteiger partial charge in [-0.1, -0.05) is 55.0 Å². The van der Waals surface area contributed by atoms with E-state index in [0.717, 1.165) is 89.4 Å². The van der Waals surface area contributed by atoms with E-state index in [2.05, 4.69) is 79.2 Å². The summed E-state index contributed by atoms with van der Waals surface area (Å²) in [5, 5.41) is 20.2. The molecule has 1 unspecified atom stereocenters. The fraction of sp³-hybridized carbons (Fsp3) is 0.357. The van der Waals surface area contributed by atoms with Crippen molar-refractivity contribution in [2.75, 3.05) is 49.6 Å². The first-order chi connectivity index (χ1) is 32.3. The van der Waals surface area contributed by atoms with Crippen molar-refractivity contribution in [1.29, 1.82) is 5.26 Å². The molecular weight excluding hydrogens is 835 g/mol. The third-order valence-electron chi connectivity index (χ3n) is 14.8. The number of carbonyl (C=O) groups is 3. The second-order valence-electron chi connectivity index (χ2n) is 19.2. The Bertz CT molecular complexity index is 2870. The van der Waals surface area contributed by atoms with E-state index in [-0.39, 0.29) is 35.4 Å². The standard InChI is InChI=1S/C56H61N7O4/c1-36-25-44(30-50(38(36)3)56(67)63(46-15-17-49(64)18-16-46)53-32-48(33-57)59(6)39(53)4)51-29-42-19-22-61(54(65)28-40-11-9-14-47(27-40)60-21-10-20-58(5)23-24-60)34-45(42)31-52(51)55(66)62-35-43-13-8-7-12-41(43)26-37(62)2/h7-9,11-18,27,29-32,36-37,64H,10,19-26,28,34-35H2,1-6H3/t36?,37-/m1/s1. The van der Waals surface area contributed by atoms with Crippen molar-refractivity contribution >= 4 is 40.4 Å². The van der Waals surface area contributed by atoms with E-state index in [1.165, 1.54) is 5.56 Å². The number of carbonyl (C=O) groups excluding carboxylic acids is 3. The third kappa shape index (κ3) is 9.03.